The summed E-state index contributed by atoms with van der Waals surface area (Å²) in [6.45, 7) is 8.93. The van der Waals surface area contributed by atoms with E-state index in [4.69, 9.17) is 49.4 Å². The molecule has 2 aliphatic heterocycles. The van der Waals surface area contributed by atoms with Crippen LogP contribution in [-0.2, 0) is 23.7 Å². The topological polar surface area (TPSA) is 153 Å². The van der Waals surface area contributed by atoms with Crippen molar-refractivity contribution in [1.82, 2.24) is 24.9 Å². The number of fused-ring (bicyclic) bond motifs is 1. The van der Waals surface area contributed by atoms with Gasteiger partial charge in [0.25, 0.3) is 0 Å². The number of pyridine rings is 1. The summed E-state index contributed by atoms with van der Waals surface area (Å²) < 4.78 is 27.6. The molecule has 0 radical (unpaired) electrons. The molecule has 16 nitrogen and oxygen atoms in total. The summed E-state index contributed by atoms with van der Waals surface area (Å²) in [5.41, 5.74) is 8.40. The van der Waals surface area contributed by atoms with Crippen molar-refractivity contribution in [2.45, 2.75) is 18.9 Å². The van der Waals surface area contributed by atoms with Gasteiger partial charge in [-0.25, -0.2) is 15.0 Å². The summed E-state index contributed by atoms with van der Waals surface area (Å²) in [6, 6.07) is 3.75. The van der Waals surface area contributed by atoms with E-state index in [1.165, 1.54) is 0 Å². The highest BCUT2D eigenvalue weighted by Gasteiger charge is 2.30. The average Bonchev–Trinajstić information content (AvgIpc) is 3.14. The first-order chi connectivity index (χ1) is 24.0. The highest BCUT2D eigenvalue weighted by atomic mass is 16.5. The van der Waals surface area contributed by atoms with E-state index in [0.717, 1.165) is 56.5 Å². The third kappa shape index (κ3) is 9.05. The van der Waals surface area contributed by atoms with Gasteiger partial charge in [0.2, 0.25) is 11.9 Å². The Bertz CT molecular complexity index is 1440. The number of rotatable bonds is 18. The van der Waals surface area contributed by atoms with Crippen LogP contribution >= 0.6 is 0 Å². The molecule has 3 aromatic heterocycles. The SMILES string of the molecule is COCCN(CCOC)c1nc(N2CCN(c3ncccc3N)CC2)c2nc(N(CCOC)CCOC)nc(N3CCC(OC)CC3)c2n1. The summed E-state index contributed by atoms with van der Waals surface area (Å²) in [5.74, 6) is 3.55. The van der Waals surface area contributed by atoms with E-state index in [-0.39, 0.29) is 6.10 Å². The summed E-state index contributed by atoms with van der Waals surface area (Å²) in [6.07, 6.45) is 3.79. The van der Waals surface area contributed by atoms with Gasteiger partial charge in [-0.3, -0.25) is 0 Å². The first kappa shape index (κ1) is 36.5. The lowest BCUT2D eigenvalue weighted by Gasteiger charge is -2.37. The van der Waals surface area contributed by atoms with Gasteiger partial charge in [0, 0.05) is 107 Å². The lowest BCUT2D eigenvalue weighted by Crippen LogP contribution is -2.47. The molecule has 2 N–H and O–H groups in total. The Balaban J connectivity index is 1.64. The van der Waals surface area contributed by atoms with Crippen molar-refractivity contribution in [3.63, 3.8) is 0 Å². The minimum Gasteiger partial charge on any atom is -0.396 e. The first-order valence-electron chi connectivity index (χ1n) is 17.0. The van der Waals surface area contributed by atoms with Crippen molar-refractivity contribution in [1.29, 1.82) is 0 Å². The third-order valence-corrected chi connectivity index (χ3v) is 9.08. The van der Waals surface area contributed by atoms with Gasteiger partial charge in [0.15, 0.2) is 17.5 Å². The molecule has 2 saturated heterocycles. The van der Waals surface area contributed by atoms with Gasteiger partial charge in [-0.15, -0.1) is 0 Å². The number of aromatic nitrogens is 5. The smallest absolute Gasteiger partial charge is 0.228 e. The number of methoxy groups -OCH3 is 5. The Morgan fingerprint density at radius 1 is 0.633 bits per heavy atom. The molecule has 16 heteroatoms. The molecule has 2 aliphatic rings. The van der Waals surface area contributed by atoms with Crippen LogP contribution in [-0.4, -0.2) is 158 Å². The van der Waals surface area contributed by atoms with E-state index < -0.39 is 0 Å². The molecule has 0 aliphatic carbocycles. The van der Waals surface area contributed by atoms with E-state index in [9.17, 15) is 0 Å². The van der Waals surface area contributed by atoms with E-state index in [1.54, 1.807) is 41.7 Å². The van der Waals surface area contributed by atoms with Gasteiger partial charge < -0.3 is 53.9 Å². The highest BCUT2D eigenvalue weighted by Crippen LogP contribution is 2.35. The van der Waals surface area contributed by atoms with Crippen LogP contribution in [0.1, 0.15) is 12.8 Å². The van der Waals surface area contributed by atoms with Gasteiger partial charge in [-0.1, -0.05) is 0 Å². The van der Waals surface area contributed by atoms with Crippen LogP contribution < -0.4 is 30.2 Å². The van der Waals surface area contributed by atoms with Crippen LogP contribution in [0.2, 0.25) is 0 Å². The molecular weight excluding hydrogens is 630 g/mol. The van der Waals surface area contributed by atoms with Crippen LogP contribution in [0, 0.1) is 0 Å². The summed E-state index contributed by atoms with van der Waals surface area (Å²) >= 11 is 0. The first-order valence-corrected chi connectivity index (χ1v) is 17.0. The molecule has 0 unspecified atom stereocenters. The maximum Gasteiger partial charge on any atom is 0.228 e. The Hall–Kier alpha value is -3.83. The molecule has 5 heterocycles. The summed E-state index contributed by atoms with van der Waals surface area (Å²) in [5, 5.41) is 0. The van der Waals surface area contributed by atoms with Crippen LogP contribution in [0.3, 0.4) is 0 Å². The number of anilines is 6. The third-order valence-electron chi connectivity index (χ3n) is 9.08. The molecule has 0 spiro atoms. The van der Waals surface area contributed by atoms with Crippen molar-refractivity contribution in [3.8, 4) is 0 Å². The summed E-state index contributed by atoms with van der Waals surface area (Å²) in [7, 11) is 8.58. The molecule has 0 aromatic carbocycles. The van der Waals surface area contributed by atoms with Crippen molar-refractivity contribution in [2.75, 3.05) is 158 Å². The molecule has 0 amide bonds. The molecule has 0 bridgehead atoms. The van der Waals surface area contributed by atoms with Crippen molar-refractivity contribution in [2.24, 2.45) is 0 Å². The van der Waals surface area contributed by atoms with Crippen LogP contribution in [0.15, 0.2) is 18.3 Å². The number of hydrogen-bond donors (Lipinski definition) is 1. The summed E-state index contributed by atoms with van der Waals surface area (Å²) in [4.78, 5) is 36.6. The molecule has 3 aromatic rings. The van der Waals surface area contributed by atoms with Crippen molar-refractivity contribution >= 4 is 46.1 Å². The zero-order chi connectivity index (χ0) is 34.6. The van der Waals surface area contributed by atoms with Crippen molar-refractivity contribution in [3.05, 3.63) is 18.3 Å². The van der Waals surface area contributed by atoms with Gasteiger partial charge in [0.05, 0.1) is 38.2 Å². The van der Waals surface area contributed by atoms with E-state index >= 15 is 0 Å². The molecule has 49 heavy (non-hydrogen) atoms. The largest absolute Gasteiger partial charge is 0.396 e. The maximum absolute atomic E-state index is 6.31. The molecular formula is C33H53N11O5. The zero-order valence-corrected chi connectivity index (χ0v) is 29.7. The predicted molar refractivity (Wildman–Crippen MR) is 192 cm³/mol. The lowest BCUT2D eigenvalue weighted by atomic mass is 10.1. The number of nitrogens with two attached hydrogens (primary N) is 1. The Labute approximate surface area is 289 Å². The standard InChI is InChI=1S/C33H53N11O5/c1-45-21-17-43(18-22-46-2)32-37-28-27(30(38-32)40-11-8-25(49-5)9-12-40)36-33(44(19-23-47-3)20-24-48-4)39-31(28)42-15-13-41(14-16-42)29-26(34)7-6-10-35-29/h6-7,10,25H,8-9,11-24,34H2,1-5H3. The molecule has 0 saturated carbocycles. The molecule has 5 rings (SSSR count). The fraction of sp³-hybridized carbons (Fsp3) is 0.667. The maximum atomic E-state index is 6.31. The average molecular weight is 684 g/mol. The predicted octanol–water partition coefficient (Wildman–Crippen LogP) is 1.54. The zero-order valence-electron chi connectivity index (χ0n) is 29.7. The minimum atomic E-state index is 0.215. The number of ether oxygens (including phenoxy) is 5. The number of piperazine rings is 1. The van der Waals surface area contributed by atoms with Crippen LogP contribution in [0.4, 0.5) is 35.0 Å². The van der Waals surface area contributed by atoms with Crippen LogP contribution in [0.5, 0.6) is 0 Å². The number of nitrogen functional groups attached to an aromatic ring is 1. The van der Waals surface area contributed by atoms with E-state index in [1.807, 2.05) is 12.1 Å². The minimum absolute atomic E-state index is 0.215. The Morgan fingerprint density at radius 2 is 1.06 bits per heavy atom. The van der Waals surface area contributed by atoms with Crippen molar-refractivity contribution < 1.29 is 23.7 Å². The lowest BCUT2D eigenvalue weighted by molar-refractivity contribution is 0.0818. The van der Waals surface area contributed by atoms with Gasteiger partial charge in [-0.05, 0) is 25.0 Å². The number of piperidine rings is 1. The highest BCUT2D eigenvalue weighted by molar-refractivity contribution is 5.95. The Morgan fingerprint density at radius 3 is 1.47 bits per heavy atom. The van der Waals surface area contributed by atoms with E-state index in [2.05, 4.69) is 29.5 Å². The second-order valence-electron chi connectivity index (χ2n) is 12.1. The van der Waals surface area contributed by atoms with Crippen LogP contribution in [0.25, 0.3) is 11.0 Å². The molecule has 270 valence electrons. The quantitative estimate of drug-likeness (QED) is 0.206. The fourth-order valence-corrected chi connectivity index (χ4v) is 6.22. The molecule has 0 atom stereocenters. The van der Waals surface area contributed by atoms with E-state index in [0.29, 0.717) is 94.3 Å². The number of hydrogen-bond acceptors (Lipinski definition) is 16. The normalized spacial score (nSPS) is 15.7. The molecule has 2 fully saturated rings. The second-order valence-corrected chi connectivity index (χ2v) is 12.1. The fourth-order valence-electron chi connectivity index (χ4n) is 6.22. The van der Waals surface area contributed by atoms with Gasteiger partial charge in [-0.2, -0.15) is 9.97 Å². The monoisotopic (exact) mass is 683 g/mol. The van der Waals surface area contributed by atoms with Gasteiger partial charge >= 0.3 is 0 Å². The second kappa shape index (κ2) is 18.2. The van der Waals surface area contributed by atoms with Gasteiger partial charge in [0.1, 0.15) is 11.0 Å². The Kier molecular flexibility index (Phi) is 13.6. The number of nitrogens with zero attached hydrogens (tertiary/aromatic N) is 10.